The fraction of sp³-hybridized carbons (Fsp3) is 0.800. The Morgan fingerprint density at radius 3 is 2.00 bits per heavy atom. The van der Waals surface area contributed by atoms with Gasteiger partial charge in [-0.1, -0.05) is 6.08 Å². The van der Waals surface area contributed by atoms with Crippen LogP contribution in [0, 0.1) is 0 Å². The summed E-state index contributed by atoms with van der Waals surface area (Å²) in [6, 6.07) is 0. The molecular weight excluding hydrogens is 178 g/mol. The molecular formula is C10H23N3O. The van der Waals surface area contributed by atoms with Crippen LogP contribution in [0.25, 0.3) is 0 Å². The second-order valence-electron chi connectivity index (χ2n) is 3.78. The topological polar surface area (TPSA) is 56.3 Å². The van der Waals surface area contributed by atoms with Crippen LogP contribution in [0.3, 0.4) is 0 Å². The van der Waals surface area contributed by atoms with Gasteiger partial charge < -0.3 is 15.7 Å². The van der Waals surface area contributed by atoms with E-state index in [2.05, 4.69) is 22.5 Å². The maximum Gasteiger partial charge on any atom is 0.116 e. The van der Waals surface area contributed by atoms with Gasteiger partial charge in [-0.25, -0.2) is 0 Å². The van der Waals surface area contributed by atoms with Gasteiger partial charge in [-0.15, -0.1) is 6.58 Å². The van der Waals surface area contributed by atoms with Crippen LogP contribution in [0.1, 0.15) is 19.8 Å². The van der Waals surface area contributed by atoms with Crippen LogP contribution in [-0.4, -0.2) is 37.6 Å². The molecule has 1 unspecified atom stereocenters. The minimum absolute atomic E-state index is 0.311. The van der Waals surface area contributed by atoms with Gasteiger partial charge in [0, 0.05) is 6.42 Å². The highest BCUT2D eigenvalue weighted by Crippen LogP contribution is 2.19. The number of aliphatic hydroxyl groups is 1. The van der Waals surface area contributed by atoms with Gasteiger partial charge in [0.2, 0.25) is 0 Å². The van der Waals surface area contributed by atoms with E-state index in [9.17, 15) is 5.11 Å². The maximum absolute atomic E-state index is 9.92. The molecule has 1 atom stereocenters. The van der Waals surface area contributed by atoms with E-state index in [4.69, 9.17) is 0 Å². The van der Waals surface area contributed by atoms with Crippen molar-refractivity contribution in [2.75, 3.05) is 21.1 Å². The van der Waals surface area contributed by atoms with E-state index in [1.807, 2.05) is 20.2 Å². The predicted octanol–water partition coefficient (Wildman–Crippen LogP) is 0.0156. The molecule has 0 bridgehead atoms. The lowest BCUT2D eigenvalue weighted by molar-refractivity contribution is -0.00918. The van der Waals surface area contributed by atoms with Crippen molar-refractivity contribution in [2.45, 2.75) is 31.2 Å². The first-order chi connectivity index (χ1) is 6.45. The standard InChI is InChI=1S/C10H23N3O/c1-6-7-10(12-4,13-5)8-9(2,14)11-3/h6,11-14H,1,7-8H2,2-5H3. The number of nitrogens with one attached hydrogen (secondary N) is 3. The van der Waals surface area contributed by atoms with Crippen molar-refractivity contribution in [3.63, 3.8) is 0 Å². The van der Waals surface area contributed by atoms with Crippen molar-refractivity contribution in [1.29, 1.82) is 0 Å². The summed E-state index contributed by atoms with van der Waals surface area (Å²) in [5, 5.41) is 19.1. The molecule has 84 valence electrons. The first-order valence-corrected chi connectivity index (χ1v) is 4.85. The number of hydrogen-bond acceptors (Lipinski definition) is 4. The van der Waals surface area contributed by atoms with Gasteiger partial charge >= 0.3 is 0 Å². The Balaban J connectivity index is 4.56. The molecule has 4 heteroatoms. The van der Waals surface area contributed by atoms with Gasteiger partial charge in [0.25, 0.3) is 0 Å². The number of rotatable bonds is 7. The molecule has 0 radical (unpaired) electrons. The monoisotopic (exact) mass is 201 g/mol. The van der Waals surface area contributed by atoms with Crippen LogP contribution in [0.2, 0.25) is 0 Å². The zero-order valence-electron chi connectivity index (χ0n) is 9.65. The lowest BCUT2D eigenvalue weighted by Gasteiger charge is -2.38. The molecule has 0 fully saturated rings. The van der Waals surface area contributed by atoms with E-state index in [0.717, 1.165) is 6.42 Å². The molecule has 0 rings (SSSR count). The van der Waals surface area contributed by atoms with E-state index < -0.39 is 5.72 Å². The molecule has 0 aliphatic heterocycles. The quantitative estimate of drug-likeness (QED) is 0.346. The van der Waals surface area contributed by atoms with Gasteiger partial charge in [0.1, 0.15) is 5.72 Å². The molecule has 0 aliphatic rings. The second-order valence-corrected chi connectivity index (χ2v) is 3.78. The lowest BCUT2D eigenvalue weighted by atomic mass is 9.95. The van der Waals surface area contributed by atoms with E-state index >= 15 is 0 Å². The SMILES string of the molecule is C=CCC(CC(C)(O)NC)(NC)NC. The van der Waals surface area contributed by atoms with Crippen molar-refractivity contribution >= 4 is 0 Å². The summed E-state index contributed by atoms with van der Waals surface area (Å²) < 4.78 is 0. The highest BCUT2D eigenvalue weighted by Gasteiger charge is 2.33. The Morgan fingerprint density at radius 1 is 1.21 bits per heavy atom. The number of hydrogen-bond donors (Lipinski definition) is 4. The van der Waals surface area contributed by atoms with Gasteiger partial charge in [0.15, 0.2) is 0 Å². The summed E-state index contributed by atoms with van der Waals surface area (Å²) in [6.07, 6.45) is 3.13. The summed E-state index contributed by atoms with van der Waals surface area (Å²) in [5.74, 6) is 0. The summed E-state index contributed by atoms with van der Waals surface area (Å²) in [5.41, 5.74) is -1.21. The molecule has 0 saturated heterocycles. The lowest BCUT2D eigenvalue weighted by Crippen LogP contribution is -2.60. The molecule has 14 heavy (non-hydrogen) atoms. The van der Waals surface area contributed by atoms with E-state index in [-0.39, 0.29) is 5.66 Å². The molecule has 0 saturated carbocycles. The van der Waals surface area contributed by atoms with E-state index in [1.165, 1.54) is 0 Å². The Kier molecular flexibility index (Phi) is 5.29. The third-order valence-corrected chi connectivity index (χ3v) is 2.63. The van der Waals surface area contributed by atoms with Crippen molar-refractivity contribution in [3.8, 4) is 0 Å². The average molecular weight is 201 g/mol. The molecule has 0 aromatic rings. The van der Waals surface area contributed by atoms with Gasteiger partial charge in [-0.3, -0.25) is 5.32 Å². The molecule has 0 heterocycles. The third kappa shape index (κ3) is 3.75. The van der Waals surface area contributed by atoms with Crippen LogP contribution in [0.4, 0.5) is 0 Å². The van der Waals surface area contributed by atoms with Crippen molar-refractivity contribution in [3.05, 3.63) is 12.7 Å². The summed E-state index contributed by atoms with van der Waals surface area (Å²) in [7, 11) is 5.47. The minimum atomic E-state index is -0.894. The van der Waals surface area contributed by atoms with Gasteiger partial charge in [0.05, 0.1) is 5.66 Å². The maximum atomic E-state index is 9.92. The fourth-order valence-electron chi connectivity index (χ4n) is 1.50. The van der Waals surface area contributed by atoms with Crippen LogP contribution < -0.4 is 16.0 Å². The molecule has 0 aliphatic carbocycles. The highest BCUT2D eigenvalue weighted by molar-refractivity contribution is 4.94. The van der Waals surface area contributed by atoms with Gasteiger partial charge in [-0.05, 0) is 34.5 Å². The molecule has 0 spiro atoms. The zero-order valence-corrected chi connectivity index (χ0v) is 9.65. The summed E-state index contributed by atoms with van der Waals surface area (Å²) in [6.45, 7) is 5.46. The minimum Gasteiger partial charge on any atom is -0.376 e. The van der Waals surface area contributed by atoms with Crippen molar-refractivity contribution in [1.82, 2.24) is 16.0 Å². The van der Waals surface area contributed by atoms with Crippen LogP contribution in [-0.2, 0) is 0 Å². The van der Waals surface area contributed by atoms with E-state index in [1.54, 1.807) is 14.0 Å². The smallest absolute Gasteiger partial charge is 0.116 e. The summed E-state index contributed by atoms with van der Waals surface area (Å²) >= 11 is 0. The predicted molar refractivity (Wildman–Crippen MR) is 60.0 cm³/mol. The van der Waals surface area contributed by atoms with Crippen molar-refractivity contribution in [2.24, 2.45) is 0 Å². The first kappa shape index (κ1) is 13.6. The van der Waals surface area contributed by atoms with Gasteiger partial charge in [-0.2, -0.15) is 0 Å². The highest BCUT2D eigenvalue weighted by atomic mass is 16.3. The second kappa shape index (κ2) is 5.46. The Morgan fingerprint density at radius 2 is 1.71 bits per heavy atom. The Labute approximate surface area is 86.8 Å². The normalized spacial score (nSPS) is 16.4. The van der Waals surface area contributed by atoms with Crippen LogP contribution >= 0.6 is 0 Å². The Hall–Kier alpha value is -0.420. The molecule has 4 nitrogen and oxygen atoms in total. The fourth-order valence-corrected chi connectivity index (χ4v) is 1.50. The largest absolute Gasteiger partial charge is 0.376 e. The molecule has 0 aromatic heterocycles. The summed E-state index contributed by atoms with van der Waals surface area (Å²) in [4.78, 5) is 0. The molecule has 0 aromatic carbocycles. The zero-order chi connectivity index (χ0) is 11.2. The molecule has 0 amide bonds. The first-order valence-electron chi connectivity index (χ1n) is 4.85. The molecule has 4 N–H and O–H groups in total. The third-order valence-electron chi connectivity index (χ3n) is 2.63. The van der Waals surface area contributed by atoms with Crippen LogP contribution in [0.5, 0.6) is 0 Å². The van der Waals surface area contributed by atoms with E-state index in [0.29, 0.717) is 6.42 Å². The Bertz CT molecular complexity index is 176. The average Bonchev–Trinajstić information content (AvgIpc) is 2.17. The van der Waals surface area contributed by atoms with Crippen molar-refractivity contribution < 1.29 is 5.11 Å². The van der Waals surface area contributed by atoms with Crippen LogP contribution in [0.15, 0.2) is 12.7 Å².